The van der Waals surface area contributed by atoms with Gasteiger partial charge in [-0.3, -0.25) is 0 Å². The first-order valence-corrected chi connectivity index (χ1v) is 5.46. The van der Waals surface area contributed by atoms with Crippen molar-refractivity contribution in [3.8, 4) is 0 Å². The van der Waals surface area contributed by atoms with E-state index in [0.29, 0.717) is 0 Å². The summed E-state index contributed by atoms with van der Waals surface area (Å²) >= 11 is 0. The van der Waals surface area contributed by atoms with E-state index in [9.17, 15) is 0 Å². The van der Waals surface area contributed by atoms with Crippen LogP contribution >= 0.6 is 0 Å². The van der Waals surface area contributed by atoms with E-state index in [-0.39, 0.29) is 0 Å². The van der Waals surface area contributed by atoms with E-state index < -0.39 is 0 Å². The van der Waals surface area contributed by atoms with E-state index in [4.69, 9.17) is 6.58 Å². The lowest BCUT2D eigenvalue weighted by Crippen LogP contribution is -2.30. The Balaban J connectivity index is 1.94. The summed E-state index contributed by atoms with van der Waals surface area (Å²) in [4.78, 5) is 0. The van der Waals surface area contributed by atoms with Crippen LogP contribution in [-0.2, 0) is 0 Å². The van der Waals surface area contributed by atoms with E-state index in [1.54, 1.807) is 0 Å². The second kappa shape index (κ2) is 1.23. The standard InChI is InChI=1S/C12H12/c1-4-9-7-2-5-6-3-8(11(5)9)10(4)12(6)7/h5-12H,2-3H2. The van der Waals surface area contributed by atoms with E-state index >= 15 is 0 Å². The normalized spacial score (nSPS) is 79.2. The third-order valence-corrected chi connectivity index (χ3v) is 6.09. The molecule has 60 valence electrons. The van der Waals surface area contributed by atoms with Crippen LogP contribution in [0.1, 0.15) is 12.8 Å². The van der Waals surface area contributed by atoms with Crippen LogP contribution in [0.4, 0.5) is 0 Å². The second-order valence-electron chi connectivity index (χ2n) is 5.79. The van der Waals surface area contributed by atoms with E-state index in [0.717, 1.165) is 47.3 Å². The molecule has 0 aromatic rings. The summed E-state index contributed by atoms with van der Waals surface area (Å²) in [5.74, 6) is 7.93. The van der Waals surface area contributed by atoms with Crippen LogP contribution in [0, 0.1) is 53.9 Å². The van der Waals surface area contributed by atoms with Crippen molar-refractivity contribution in [2.75, 3.05) is 0 Å². The van der Waals surface area contributed by atoms with Gasteiger partial charge in [-0.05, 0) is 66.8 Å². The van der Waals surface area contributed by atoms with Crippen molar-refractivity contribution in [2.45, 2.75) is 12.8 Å². The SMILES string of the molecule is [C]=C1C2C3CC4C5CC(C1C53)C42. The molecule has 8 atom stereocenters. The minimum Gasteiger partial charge on any atom is -0.0544 e. The highest BCUT2D eigenvalue weighted by Gasteiger charge is 2.78. The molecule has 0 spiro atoms. The molecule has 0 N–H and O–H groups in total. The maximum atomic E-state index is 8.14. The molecule has 6 aliphatic rings. The molecule has 6 rings (SSSR count). The van der Waals surface area contributed by atoms with Crippen LogP contribution in [0.15, 0.2) is 5.57 Å². The van der Waals surface area contributed by atoms with Crippen molar-refractivity contribution in [1.82, 2.24) is 0 Å². The van der Waals surface area contributed by atoms with Gasteiger partial charge in [0.2, 0.25) is 0 Å². The average molecular weight is 156 g/mol. The Morgan fingerprint density at radius 2 is 1.33 bits per heavy atom. The number of hydrogen-bond donors (Lipinski definition) is 0. The van der Waals surface area contributed by atoms with Crippen molar-refractivity contribution in [3.63, 3.8) is 0 Å². The zero-order valence-corrected chi connectivity index (χ0v) is 7.03. The lowest BCUT2D eigenvalue weighted by atomic mass is 9.71. The predicted octanol–water partition coefficient (Wildman–Crippen LogP) is 2.00. The molecular formula is C12H12. The monoisotopic (exact) mass is 156 g/mol. The highest BCUT2D eigenvalue weighted by molar-refractivity contribution is 5.37. The third-order valence-electron chi connectivity index (χ3n) is 6.09. The van der Waals surface area contributed by atoms with Gasteiger partial charge in [-0.25, -0.2) is 0 Å². The Hall–Kier alpha value is -0.260. The molecule has 8 unspecified atom stereocenters. The van der Waals surface area contributed by atoms with Crippen molar-refractivity contribution in [1.29, 1.82) is 0 Å². The van der Waals surface area contributed by atoms with Crippen molar-refractivity contribution < 1.29 is 0 Å². The van der Waals surface area contributed by atoms with E-state index in [1.165, 1.54) is 18.4 Å². The summed E-state index contributed by atoms with van der Waals surface area (Å²) < 4.78 is 0. The fraction of sp³-hybridized carbons (Fsp3) is 0.833. The van der Waals surface area contributed by atoms with E-state index in [1.807, 2.05) is 0 Å². The molecule has 6 saturated carbocycles. The Bertz CT molecular complexity index is 286. The molecular weight excluding hydrogens is 144 g/mol. The zero-order valence-electron chi connectivity index (χ0n) is 7.03. The van der Waals surface area contributed by atoms with Gasteiger partial charge < -0.3 is 0 Å². The van der Waals surface area contributed by atoms with Crippen LogP contribution in [0.5, 0.6) is 0 Å². The van der Waals surface area contributed by atoms with Crippen LogP contribution in [-0.4, -0.2) is 0 Å². The van der Waals surface area contributed by atoms with Gasteiger partial charge in [0, 0.05) is 0 Å². The number of hydrogen-bond acceptors (Lipinski definition) is 0. The van der Waals surface area contributed by atoms with Crippen molar-refractivity contribution >= 4 is 0 Å². The lowest BCUT2D eigenvalue weighted by Gasteiger charge is -2.33. The molecule has 0 nitrogen and oxygen atoms in total. The topological polar surface area (TPSA) is 0 Å². The largest absolute Gasteiger partial charge is 0.0544 e. The molecule has 2 radical (unpaired) electrons. The summed E-state index contributed by atoms with van der Waals surface area (Å²) in [7, 11) is 0. The summed E-state index contributed by atoms with van der Waals surface area (Å²) in [6, 6.07) is 0. The van der Waals surface area contributed by atoms with Gasteiger partial charge in [-0.1, -0.05) is 5.57 Å². The first-order valence-electron chi connectivity index (χ1n) is 5.46. The Kier molecular flexibility index (Phi) is 0.562. The van der Waals surface area contributed by atoms with Gasteiger partial charge in [0.25, 0.3) is 0 Å². The molecule has 0 heterocycles. The first-order chi connectivity index (χ1) is 5.88. The highest BCUT2D eigenvalue weighted by Crippen LogP contribution is 2.83. The van der Waals surface area contributed by atoms with Crippen molar-refractivity contribution in [2.24, 2.45) is 47.3 Å². The minimum absolute atomic E-state index is 0.814. The zero-order chi connectivity index (χ0) is 7.61. The van der Waals surface area contributed by atoms with Gasteiger partial charge in [0.05, 0.1) is 0 Å². The molecule has 0 saturated heterocycles. The molecule has 6 aliphatic carbocycles. The van der Waals surface area contributed by atoms with Gasteiger partial charge in [0.15, 0.2) is 0 Å². The maximum absolute atomic E-state index is 8.14. The second-order valence-corrected chi connectivity index (χ2v) is 5.79. The highest BCUT2D eigenvalue weighted by atomic mass is 14.8. The van der Waals surface area contributed by atoms with Crippen molar-refractivity contribution in [3.05, 3.63) is 12.2 Å². The molecule has 0 aliphatic heterocycles. The van der Waals surface area contributed by atoms with Crippen LogP contribution in [0.25, 0.3) is 0 Å². The van der Waals surface area contributed by atoms with Crippen LogP contribution in [0.3, 0.4) is 0 Å². The smallest absolute Gasteiger partial charge is 0.0101 e. The third kappa shape index (κ3) is 0.278. The maximum Gasteiger partial charge on any atom is -0.0101 e. The molecule has 0 amide bonds. The summed E-state index contributed by atoms with van der Waals surface area (Å²) in [6.45, 7) is 8.14. The number of rotatable bonds is 0. The summed E-state index contributed by atoms with van der Waals surface area (Å²) in [5, 5.41) is 0. The molecule has 0 aromatic heterocycles. The van der Waals surface area contributed by atoms with E-state index in [2.05, 4.69) is 0 Å². The van der Waals surface area contributed by atoms with Gasteiger partial charge in [-0.15, -0.1) is 0 Å². The van der Waals surface area contributed by atoms with Gasteiger partial charge in [0.1, 0.15) is 0 Å². The molecule has 6 bridgehead atoms. The Labute approximate surface area is 73.0 Å². The first kappa shape index (κ1) is 5.47. The fourth-order valence-electron chi connectivity index (χ4n) is 6.32. The fourth-order valence-corrected chi connectivity index (χ4v) is 6.32. The Morgan fingerprint density at radius 1 is 0.833 bits per heavy atom. The van der Waals surface area contributed by atoms with Crippen LogP contribution < -0.4 is 0 Å². The average Bonchev–Trinajstić information content (AvgIpc) is 2.68. The molecule has 0 aromatic carbocycles. The number of allylic oxidation sites excluding steroid dienone is 1. The quantitative estimate of drug-likeness (QED) is 0.503. The summed E-state index contributed by atoms with van der Waals surface area (Å²) in [6.07, 6.45) is 3.06. The van der Waals surface area contributed by atoms with Gasteiger partial charge >= 0.3 is 0 Å². The van der Waals surface area contributed by atoms with Gasteiger partial charge in [-0.2, -0.15) is 0 Å². The van der Waals surface area contributed by atoms with Crippen LogP contribution in [0.2, 0.25) is 0 Å². The molecule has 12 heavy (non-hydrogen) atoms. The lowest BCUT2D eigenvalue weighted by molar-refractivity contribution is 0.132. The Morgan fingerprint density at radius 3 is 1.83 bits per heavy atom. The predicted molar refractivity (Wildman–Crippen MR) is 43.9 cm³/mol. The minimum atomic E-state index is 0.814. The summed E-state index contributed by atoms with van der Waals surface area (Å²) in [5.41, 5.74) is 1.21. The molecule has 0 heteroatoms. The molecule has 6 fully saturated rings.